The number of aromatic nitrogens is 1. The van der Waals surface area contributed by atoms with Gasteiger partial charge in [0, 0.05) is 27.5 Å². The molecule has 2 heterocycles. The van der Waals surface area contributed by atoms with Crippen LogP contribution in [-0.2, 0) is 17.8 Å². The van der Waals surface area contributed by atoms with Gasteiger partial charge in [0.1, 0.15) is 0 Å². The quantitative estimate of drug-likeness (QED) is 0.766. The van der Waals surface area contributed by atoms with Gasteiger partial charge in [0.2, 0.25) is 0 Å². The van der Waals surface area contributed by atoms with Gasteiger partial charge in [-0.15, -0.1) is 0 Å². The first kappa shape index (κ1) is 8.50. The topological polar surface area (TPSA) is 25.0 Å². The fourth-order valence-electron chi connectivity index (χ4n) is 2.02. The highest BCUT2D eigenvalue weighted by molar-refractivity contribution is 9.10. The Bertz CT molecular complexity index is 489. The van der Waals surface area contributed by atoms with Crippen molar-refractivity contribution in [1.82, 2.24) is 4.98 Å². The van der Waals surface area contributed by atoms with E-state index in [0.29, 0.717) is 0 Å². The maximum atomic E-state index is 5.47. The second kappa shape index (κ2) is 3.11. The van der Waals surface area contributed by atoms with Crippen LogP contribution in [-0.4, -0.2) is 11.6 Å². The molecule has 0 atom stereocenters. The van der Waals surface area contributed by atoms with Crippen molar-refractivity contribution in [1.29, 1.82) is 0 Å². The number of halogens is 1. The van der Waals surface area contributed by atoms with Crippen molar-refractivity contribution in [2.45, 2.75) is 13.0 Å². The van der Waals surface area contributed by atoms with E-state index in [1.807, 2.05) is 0 Å². The lowest BCUT2D eigenvalue weighted by Gasteiger charge is -2.11. The molecule has 0 radical (unpaired) electrons. The van der Waals surface area contributed by atoms with Crippen LogP contribution in [0.2, 0.25) is 0 Å². The Kier molecular flexibility index (Phi) is 1.89. The molecule has 72 valence electrons. The van der Waals surface area contributed by atoms with E-state index in [9.17, 15) is 0 Å². The molecule has 14 heavy (non-hydrogen) atoms. The molecule has 2 aromatic rings. The monoisotopic (exact) mass is 251 g/mol. The molecule has 3 heteroatoms. The number of ether oxygens (including phenoxy) is 1. The molecule has 0 fully saturated rings. The molecule has 1 aliphatic rings. The zero-order valence-electron chi connectivity index (χ0n) is 7.64. The van der Waals surface area contributed by atoms with Gasteiger partial charge in [0.25, 0.3) is 0 Å². The number of hydrogen-bond acceptors (Lipinski definition) is 1. The van der Waals surface area contributed by atoms with Gasteiger partial charge in [0.05, 0.1) is 18.7 Å². The van der Waals surface area contributed by atoms with Crippen LogP contribution in [0, 0.1) is 0 Å². The molecule has 0 amide bonds. The molecule has 1 aromatic heterocycles. The first-order chi connectivity index (χ1) is 6.86. The minimum Gasteiger partial charge on any atom is -0.376 e. The lowest BCUT2D eigenvalue weighted by molar-refractivity contribution is 0.111. The van der Waals surface area contributed by atoms with E-state index in [1.54, 1.807) is 0 Å². The summed E-state index contributed by atoms with van der Waals surface area (Å²) in [6.07, 6.45) is 0.996. The minimum atomic E-state index is 0.742. The average Bonchev–Trinajstić information content (AvgIpc) is 2.59. The van der Waals surface area contributed by atoms with Crippen molar-refractivity contribution >= 4 is 26.8 Å². The summed E-state index contributed by atoms with van der Waals surface area (Å²) in [4.78, 5) is 3.46. The Morgan fingerprint density at radius 2 is 2.29 bits per heavy atom. The fourth-order valence-corrected chi connectivity index (χ4v) is 2.48. The number of fused-ring (bicyclic) bond motifs is 3. The van der Waals surface area contributed by atoms with Crippen LogP contribution in [0.1, 0.15) is 11.3 Å². The van der Waals surface area contributed by atoms with Gasteiger partial charge in [-0.2, -0.15) is 0 Å². The largest absolute Gasteiger partial charge is 0.376 e. The Labute approximate surface area is 90.4 Å². The van der Waals surface area contributed by atoms with E-state index in [-0.39, 0.29) is 0 Å². The Morgan fingerprint density at radius 1 is 1.36 bits per heavy atom. The smallest absolute Gasteiger partial charge is 0.0740 e. The maximum absolute atomic E-state index is 5.47. The normalized spacial score (nSPS) is 15.8. The summed E-state index contributed by atoms with van der Waals surface area (Å²) in [7, 11) is 0. The summed E-state index contributed by atoms with van der Waals surface area (Å²) in [6, 6.07) is 6.27. The SMILES string of the molecule is Brc1cccc2c3c([nH]c12)CCOC3. The van der Waals surface area contributed by atoms with E-state index in [4.69, 9.17) is 4.74 Å². The number of H-pyrrole nitrogens is 1. The molecule has 1 aliphatic heterocycles. The van der Waals surface area contributed by atoms with E-state index in [1.165, 1.54) is 22.2 Å². The molecule has 0 spiro atoms. The molecule has 0 saturated carbocycles. The standard InChI is InChI=1S/C11H10BrNO/c12-9-3-1-2-7-8-6-14-5-4-10(8)13-11(7)9/h1-3,13H,4-6H2. The van der Waals surface area contributed by atoms with Gasteiger partial charge in [-0.1, -0.05) is 12.1 Å². The predicted molar refractivity (Wildman–Crippen MR) is 59.4 cm³/mol. The van der Waals surface area contributed by atoms with Gasteiger partial charge in [-0.3, -0.25) is 0 Å². The van der Waals surface area contributed by atoms with E-state index >= 15 is 0 Å². The summed E-state index contributed by atoms with van der Waals surface area (Å²) in [6.45, 7) is 1.57. The van der Waals surface area contributed by atoms with Gasteiger partial charge in [-0.25, -0.2) is 0 Å². The Balaban J connectivity index is 2.36. The maximum Gasteiger partial charge on any atom is 0.0740 e. The van der Waals surface area contributed by atoms with E-state index in [2.05, 4.69) is 39.1 Å². The van der Waals surface area contributed by atoms with Gasteiger partial charge >= 0.3 is 0 Å². The van der Waals surface area contributed by atoms with Crippen LogP contribution in [0.4, 0.5) is 0 Å². The second-order valence-corrected chi connectivity index (χ2v) is 4.40. The van der Waals surface area contributed by atoms with Crippen LogP contribution in [0.3, 0.4) is 0 Å². The molecular weight excluding hydrogens is 242 g/mol. The van der Waals surface area contributed by atoms with Gasteiger partial charge in [0.15, 0.2) is 0 Å². The van der Waals surface area contributed by atoms with Crippen molar-refractivity contribution in [3.63, 3.8) is 0 Å². The molecule has 0 aliphatic carbocycles. The number of hydrogen-bond donors (Lipinski definition) is 1. The highest BCUT2D eigenvalue weighted by Crippen LogP contribution is 2.30. The minimum absolute atomic E-state index is 0.742. The summed E-state index contributed by atoms with van der Waals surface area (Å²) in [5.41, 5.74) is 3.86. The third-order valence-corrected chi connectivity index (χ3v) is 3.38. The number of benzene rings is 1. The summed E-state index contributed by atoms with van der Waals surface area (Å²) >= 11 is 3.55. The zero-order chi connectivity index (χ0) is 9.54. The second-order valence-electron chi connectivity index (χ2n) is 3.55. The molecule has 0 unspecified atom stereocenters. The highest BCUT2D eigenvalue weighted by Gasteiger charge is 2.16. The summed E-state index contributed by atoms with van der Waals surface area (Å²) < 4.78 is 6.60. The number of para-hydroxylation sites is 1. The summed E-state index contributed by atoms with van der Waals surface area (Å²) in [5, 5.41) is 1.29. The van der Waals surface area contributed by atoms with Crippen LogP contribution < -0.4 is 0 Å². The van der Waals surface area contributed by atoms with Crippen LogP contribution in [0.15, 0.2) is 22.7 Å². The van der Waals surface area contributed by atoms with E-state index < -0.39 is 0 Å². The Morgan fingerprint density at radius 3 is 3.21 bits per heavy atom. The molecule has 1 N–H and O–H groups in total. The van der Waals surface area contributed by atoms with Gasteiger partial charge < -0.3 is 9.72 Å². The third-order valence-electron chi connectivity index (χ3n) is 2.72. The third kappa shape index (κ3) is 1.12. The fraction of sp³-hybridized carbons (Fsp3) is 0.273. The average molecular weight is 252 g/mol. The first-order valence-corrected chi connectivity index (χ1v) is 5.51. The molecule has 1 aromatic carbocycles. The lowest BCUT2D eigenvalue weighted by Crippen LogP contribution is -2.08. The van der Waals surface area contributed by atoms with Gasteiger partial charge in [-0.05, 0) is 22.0 Å². The number of aromatic amines is 1. The van der Waals surface area contributed by atoms with Crippen LogP contribution in [0.25, 0.3) is 10.9 Å². The van der Waals surface area contributed by atoms with Crippen molar-refractivity contribution in [2.75, 3.05) is 6.61 Å². The number of nitrogens with one attached hydrogen (secondary N) is 1. The van der Waals surface area contributed by atoms with Crippen LogP contribution >= 0.6 is 15.9 Å². The number of rotatable bonds is 0. The van der Waals surface area contributed by atoms with Crippen molar-refractivity contribution in [2.24, 2.45) is 0 Å². The van der Waals surface area contributed by atoms with Crippen molar-refractivity contribution < 1.29 is 4.74 Å². The molecule has 0 bridgehead atoms. The molecule has 3 rings (SSSR count). The Hall–Kier alpha value is -0.800. The van der Waals surface area contributed by atoms with Crippen LogP contribution in [0.5, 0.6) is 0 Å². The summed E-state index contributed by atoms with van der Waals surface area (Å²) in [5.74, 6) is 0. The highest BCUT2D eigenvalue weighted by atomic mass is 79.9. The lowest BCUT2D eigenvalue weighted by atomic mass is 10.1. The zero-order valence-corrected chi connectivity index (χ0v) is 9.23. The van der Waals surface area contributed by atoms with Crippen molar-refractivity contribution in [3.05, 3.63) is 33.9 Å². The molecular formula is C11H10BrNO. The predicted octanol–water partition coefficient (Wildman–Crippen LogP) is 3.00. The van der Waals surface area contributed by atoms with E-state index in [0.717, 1.165) is 24.1 Å². The molecule has 2 nitrogen and oxygen atoms in total. The van der Waals surface area contributed by atoms with Crippen molar-refractivity contribution in [3.8, 4) is 0 Å². The molecule has 0 saturated heterocycles. The first-order valence-electron chi connectivity index (χ1n) is 4.72.